The third-order valence-corrected chi connectivity index (χ3v) is 12.1. The summed E-state index contributed by atoms with van der Waals surface area (Å²) in [6.45, 7) is 0. The number of hydrogen-bond acceptors (Lipinski definition) is 2. The summed E-state index contributed by atoms with van der Waals surface area (Å²) in [6, 6.07) is 73.5. The normalized spacial score (nSPS) is 11.7. The van der Waals surface area contributed by atoms with Gasteiger partial charge in [0, 0.05) is 37.2 Å². The molecule has 0 radical (unpaired) electrons. The summed E-state index contributed by atoms with van der Waals surface area (Å²) in [5.74, 6) is 0. The van der Waals surface area contributed by atoms with Crippen LogP contribution in [0.5, 0.6) is 0 Å². The molecular formula is C52H33NS. The van der Waals surface area contributed by atoms with E-state index < -0.39 is 0 Å². The molecule has 2 heteroatoms. The van der Waals surface area contributed by atoms with Crippen molar-refractivity contribution in [1.82, 2.24) is 0 Å². The summed E-state index contributed by atoms with van der Waals surface area (Å²) in [7, 11) is 0. The molecular weight excluding hydrogens is 671 g/mol. The highest BCUT2D eigenvalue weighted by Gasteiger charge is 2.17. The van der Waals surface area contributed by atoms with Crippen LogP contribution in [0.15, 0.2) is 200 Å². The minimum absolute atomic E-state index is 1.12. The summed E-state index contributed by atoms with van der Waals surface area (Å²) in [4.78, 5) is 2.39. The fourth-order valence-corrected chi connectivity index (χ4v) is 9.55. The van der Waals surface area contributed by atoms with Crippen molar-refractivity contribution in [2.75, 3.05) is 4.90 Å². The molecule has 0 aliphatic carbocycles. The van der Waals surface area contributed by atoms with Crippen molar-refractivity contribution in [3.8, 4) is 22.3 Å². The summed E-state index contributed by atoms with van der Waals surface area (Å²) >= 11 is 1.87. The first kappa shape index (κ1) is 30.8. The molecule has 0 saturated heterocycles. The van der Waals surface area contributed by atoms with E-state index in [0.717, 1.165) is 17.1 Å². The van der Waals surface area contributed by atoms with Crippen LogP contribution in [0.25, 0.3) is 85.5 Å². The van der Waals surface area contributed by atoms with Crippen molar-refractivity contribution in [2.45, 2.75) is 0 Å². The highest BCUT2D eigenvalue weighted by Crippen LogP contribution is 2.43. The number of anilines is 3. The van der Waals surface area contributed by atoms with Crippen molar-refractivity contribution in [3.63, 3.8) is 0 Å². The van der Waals surface area contributed by atoms with Crippen LogP contribution in [-0.4, -0.2) is 0 Å². The van der Waals surface area contributed by atoms with E-state index in [0.29, 0.717) is 0 Å². The van der Waals surface area contributed by atoms with Crippen LogP contribution in [0.3, 0.4) is 0 Å². The summed E-state index contributed by atoms with van der Waals surface area (Å²) < 4.78 is 2.61. The highest BCUT2D eigenvalue weighted by atomic mass is 32.1. The Labute approximate surface area is 317 Å². The Kier molecular flexibility index (Phi) is 7.11. The van der Waals surface area contributed by atoms with Gasteiger partial charge in [0.1, 0.15) is 0 Å². The molecule has 10 aromatic carbocycles. The second-order valence-corrected chi connectivity index (χ2v) is 15.2. The first-order valence-corrected chi connectivity index (χ1v) is 19.3. The van der Waals surface area contributed by atoms with E-state index in [1.807, 2.05) is 11.3 Å². The molecule has 0 unspecified atom stereocenters. The first-order valence-electron chi connectivity index (χ1n) is 18.5. The molecule has 0 aliphatic heterocycles. The Hall–Kier alpha value is -6.74. The average molecular weight is 704 g/mol. The average Bonchev–Trinajstić information content (AvgIpc) is 3.59. The molecule has 0 fully saturated rings. The quantitative estimate of drug-likeness (QED) is 0.161. The van der Waals surface area contributed by atoms with Gasteiger partial charge >= 0.3 is 0 Å². The van der Waals surface area contributed by atoms with Gasteiger partial charge in [0.05, 0.1) is 0 Å². The molecule has 0 spiro atoms. The van der Waals surface area contributed by atoms with Crippen LogP contribution in [0.2, 0.25) is 0 Å². The van der Waals surface area contributed by atoms with E-state index in [1.54, 1.807) is 0 Å². The summed E-state index contributed by atoms with van der Waals surface area (Å²) in [6.07, 6.45) is 0. The molecule has 1 nitrogen and oxygen atoms in total. The Morgan fingerprint density at radius 2 is 0.870 bits per heavy atom. The van der Waals surface area contributed by atoms with Crippen LogP contribution in [-0.2, 0) is 0 Å². The van der Waals surface area contributed by atoms with E-state index in [-0.39, 0.29) is 0 Å². The van der Waals surface area contributed by atoms with Gasteiger partial charge in [0.2, 0.25) is 0 Å². The predicted molar refractivity (Wildman–Crippen MR) is 235 cm³/mol. The smallest absolute Gasteiger partial charge is 0.0476 e. The number of fused-ring (bicyclic) bond motifs is 9. The van der Waals surface area contributed by atoms with Gasteiger partial charge in [0.25, 0.3) is 0 Å². The third-order valence-electron chi connectivity index (χ3n) is 11.0. The first-order chi connectivity index (χ1) is 26.7. The standard InChI is InChI=1S/C52H33NS/c1-2-9-34(10-3-1)35-19-24-41(25-20-35)53(43-28-30-47-49-31-39-12-4-5-13-40(39)32-50(49)54-51(47)33-43)42-26-21-37(22-27-42)44-15-8-16-48-46(44)29-23-38-18-17-36-11-6-7-14-45(36)52(38)48/h1-33H. The van der Waals surface area contributed by atoms with Gasteiger partial charge in [-0.1, -0.05) is 152 Å². The molecule has 0 aliphatic rings. The van der Waals surface area contributed by atoms with Gasteiger partial charge < -0.3 is 4.90 Å². The van der Waals surface area contributed by atoms with Gasteiger partial charge in [-0.3, -0.25) is 0 Å². The number of nitrogens with zero attached hydrogens (tertiary/aromatic N) is 1. The van der Waals surface area contributed by atoms with Crippen LogP contribution in [0.1, 0.15) is 0 Å². The molecule has 0 bridgehead atoms. The molecule has 0 N–H and O–H groups in total. The van der Waals surface area contributed by atoms with Crippen molar-refractivity contribution in [1.29, 1.82) is 0 Å². The predicted octanol–water partition coefficient (Wildman–Crippen LogP) is 15.5. The lowest BCUT2D eigenvalue weighted by atomic mass is 9.92. The van der Waals surface area contributed by atoms with Crippen molar-refractivity contribution in [2.24, 2.45) is 0 Å². The lowest BCUT2D eigenvalue weighted by Gasteiger charge is -2.26. The summed E-state index contributed by atoms with van der Waals surface area (Å²) in [5, 5.41) is 12.9. The maximum atomic E-state index is 2.39. The second kappa shape index (κ2) is 12.4. The number of thiophene rings is 1. The molecule has 0 atom stereocenters. The van der Waals surface area contributed by atoms with Crippen LogP contribution in [0, 0.1) is 0 Å². The monoisotopic (exact) mass is 703 g/mol. The van der Waals surface area contributed by atoms with E-state index >= 15 is 0 Å². The van der Waals surface area contributed by atoms with E-state index in [2.05, 4.69) is 205 Å². The number of benzene rings is 10. The molecule has 11 rings (SSSR count). The maximum absolute atomic E-state index is 2.39. The number of rotatable bonds is 5. The minimum atomic E-state index is 1.12. The lowest BCUT2D eigenvalue weighted by Crippen LogP contribution is -2.09. The fraction of sp³-hybridized carbons (Fsp3) is 0. The third kappa shape index (κ3) is 5.07. The molecule has 252 valence electrons. The van der Waals surface area contributed by atoms with Gasteiger partial charge in [-0.05, 0) is 114 Å². The highest BCUT2D eigenvalue weighted by molar-refractivity contribution is 7.25. The Morgan fingerprint density at radius 1 is 0.296 bits per heavy atom. The van der Waals surface area contributed by atoms with Crippen molar-refractivity contribution < 1.29 is 0 Å². The largest absolute Gasteiger partial charge is 0.310 e. The van der Waals surface area contributed by atoms with Gasteiger partial charge in [0.15, 0.2) is 0 Å². The zero-order valence-corrected chi connectivity index (χ0v) is 30.2. The van der Waals surface area contributed by atoms with Crippen LogP contribution < -0.4 is 4.90 Å². The summed E-state index contributed by atoms with van der Waals surface area (Å²) in [5.41, 5.74) is 8.25. The SMILES string of the molecule is c1ccc(-c2ccc(N(c3ccc(-c4cccc5c4ccc4ccc6ccccc6c45)cc3)c3ccc4c(c3)sc3cc5ccccc5cc34)cc2)cc1. The maximum Gasteiger partial charge on any atom is 0.0476 e. The molecule has 0 amide bonds. The van der Waals surface area contributed by atoms with Gasteiger partial charge in [-0.2, -0.15) is 0 Å². The van der Waals surface area contributed by atoms with Gasteiger partial charge in [-0.15, -0.1) is 11.3 Å². The zero-order valence-electron chi connectivity index (χ0n) is 29.4. The number of hydrogen-bond donors (Lipinski definition) is 0. The second-order valence-electron chi connectivity index (χ2n) is 14.1. The van der Waals surface area contributed by atoms with E-state index in [9.17, 15) is 0 Å². The minimum Gasteiger partial charge on any atom is -0.310 e. The van der Waals surface area contributed by atoms with E-state index in [4.69, 9.17) is 0 Å². The Bertz CT molecular complexity index is 3190. The molecule has 54 heavy (non-hydrogen) atoms. The van der Waals surface area contributed by atoms with Crippen LogP contribution in [0.4, 0.5) is 17.1 Å². The Balaban J connectivity index is 1.04. The molecule has 1 aromatic heterocycles. The molecule has 11 aromatic rings. The zero-order chi connectivity index (χ0) is 35.6. The lowest BCUT2D eigenvalue weighted by molar-refractivity contribution is 1.29. The van der Waals surface area contributed by atoms with Gasteiger partial charge in [-0.25, -0.2) is 0 Å². The van der Waals surface area contributed by atoms with Crippen LogP contribution >= 0.6 is 11.3 Å². The van der Waals surface area contributed by atoms with Crippen molar-refractivity contribution >= 4 is 91.7 Å². The Morgan fingerprint density at radius 3 is 1.67 bits per heavy atom. The van der Waals surface area contributed by atoms with E-state index in [1.165, 1.54) is 85.5 Å². The fourth-order valence-electron chi connectivity index (χ4n) is 8.38. The molecule has 1 heterocycles. The molecule has 0 saturated carbocycles. The topological polar surface area (TPSA) is 3.24 Å². The van der Waals surface area contributed by atoms with Crippen molar-refractivity contribution in [3.05, 3.63) is 200 Å².